The Labute approximate surface area is 241 Å². The van der Waals surface area contributed by atoms with E-state index in [1.54, 1.807) is 0 Å². The molecule has 0 atom stereocenters. The monoisotopic (exact) mass is 652 g/mol. The topological polar surface area (TPSA) is 136 Å². The lowest BCUT2D eigenvalue weighted by atomic mass is 10.1. The van der Waals surface area contributed by atoms with E-state index in [9.17, 15) is 48.0 Å². The van der Waals surface area contributed by atoms with Gasteiger partial charge in [-0.2, -0.15) is 18.2 Å². The number of rotatable bonds is 8. The lowest BCUT2D eigenvalue weighted by molar-refractivity contribution is -0.274. The number of aliphatic imine (C=N–C) groups is 1. The molecule has 18 heteroatoms. The van der Waals surface area contributed by atoms with E-state index in [4.69, 9.17) is 0 Å². The Bertz CT molecular complexity index is 1740. The number of anilines is 1. The van der Waals surface area contributed by atoms with Crippen LogP contribution in [0.5, 0.6) is 5.75 Å². The van der Waals surface area contributed by atoms with E-state index in [1.165, 1.54) is 19.1 Å². The molecule has 0 N–H and O–H groups in total. The number of halogens is 6. The number of amidine groups is 1. The molecule has 0 saturated carbocycles. The number of hydrogen-bond acceptors (Lipinski definition) is 8. The van der Waals surface area contributed by atoms with Gasteiger partial charge in [-0.15, -0.1) is 13.2 Å². The minimum atomic E-state index is -4.95. The summed E-state index contributed by atoms with van der Waals surface area (Å²) in [4.78, 5) is 23.9. The van der Waals surface area contributed by atoms with Gasteiger partial charge in [0.15, 0.2) is 25.5 Å². The molecule has 0 aliphatic heterocycles. The van der Waals surface area contributed by atoms with E-state index in [2.05, 4.69) is 19.7 Å². The molecule has 0 fully saturated rings. The van der Waals surface area contributed by atoms with Crippen LogP contribution in [0, 0.1) is 0 Å². The number of carbonyl (C=O) groups excluding carboxylic acids is 1. The van der Waals surface area contributed by atoms with Gasteiger partial charge in [-0.1, -0.05) is 19.1 Å². The Morgan fingerprint density at radius 1 is 0.930 bits per heavy atom. The van der Waals surface area contributed by atoms with E-state index in [-0.39, 0.29) is 11.1 Å². The molecule has 1 amide bonds. The molecule has 43 heavy (non-hydrogen) atoms. The van der Waals surface area contributed by atoms with Crippen molar-refractivity contribution in [3.05, 3.63) is 66.1 Å². The maximum absolute atomic E-state index is 13.2. The molecule has 0 aliphatic rings. The van der Waals surface area contributed by atoms with Crippen molar-refractivity contribution in [2.45, 2.75) is 31.3 Å². The van der Waals surface area contributed by atoms with Crippen LogP contribution in [-0.2, 0) is 30.6 Å². The molecule has 1 aromatic carbocycles. The van der Waals surface area contributed by atoms with Crippen LogP contribution in [0.15, 0.2) is 64.7 Å². The number of nitrogens with zero attached hydrogens (tertiary/aromatic N) is 4. The first-order valence-corrected chi connectivity index (χ1v) is 15.6. The Morgan fingerprint density at radius 2 is 1.56 bits per heavy atom. The molecule has 2 aromatic heterocycles. The maximum atomic E-state index is 13.2. The van der Waals surface area contributed by atoms with Crippen LogP contribution in [0.3, 0.4) is 0 Å². The summed E-state index contributed by atoms with van der Waals surface area (Å²) in [6.07, 6.45) is -7.43. The molecule has 3 aromatic rings. The summed E-state index contributed by atoms with van der Waals surface area (Å²) < 4.78 is 132. The van der Waals surface area contributed by atoms with Gasteiger partial charge in [0, 0.05) is 31.1 Å². The third-order valence-corrected chi connectivity index (χ3v) is 7.90. The zero-order valence-corrected chi connectivity index (χ0v) is 24.1. The summed E-state index contributed by atoms with van der Waals surface area (Å²) in [6, 6.07) is 6.88. The fourth-order valence-electron chi connectivity index (χ4n) is 3.59. The largest absolute Gasteiger partial charge is 0.573 e. The second kappa shape index (κ2) is 12.3. The first-order chi connectivity index (χ1) is 19.7. The number of amides is 1. The summed E-state index contributed by atoms with van der Waals surface area (Å²) >= 11 is 0. The average Bonchev–Trinajstić information content (AvgIpc) is 2.89. The number of benzene rings is 1. The predicted molar refractivity (Wildman–Crippen MR) is 143 cm³/mol. The van der Waals surface area contributed by atoms with Crippen molar-refractivity contribution >= 4 is 37.2 Å². The van der Waals surface area contributed by atoms with Crippen LogP contribution >= 0.6 is 0 Å². The van der Waals surface area contributed by atoms with Gasteiger partial charge in [-0.3, -0.25) is 14.7 Å². The zero-order valence-electron chi connectivity index (χ0n) is 22.4. The number of pyridine rings is 2. The van der Waals surface area contributed by atoms with Gasteiger partial charge in [0.25, 0.3) is 0 Å². The minimum absolute atomic E-state index is 0.0961. The van der Waals surface area contributed by atoms with Gasteiger partial charge < -0.3 is 4.74 Å². The SMILES string of the molecule is CCS(=O)(=O)c1cc(-c2ccc(OC(F)(F)F)cc2)cnc1C(=NC(C)=O)N(CS(C)(=O)=O)c1ccc(C(F)(F)F)cn1. The number of hydrogen-bond donors (Lipinski definition) is 0. The summed E-state index contributed by atoms with van der Waals surface area (Å²) in [5.41, 5.74) is -1.38. The Kier molecular flexibility index (Phi) is 9.55. The van der Waals surface area contributed by atoms with Crippen molar-refractivity contribution in [1.82, 2.24) is 9.97 Å². The number of aromatic nitrogens is 2. The predicted octanol–water partition coefficient (Wildman–Crippen LogP) is 4.66. The van der Waals surface area contributed by atoms with E-state index in [1.807, 2.05) is 0 Å². The number of alkyl halides is 6. The highest BCUT2D eigenvalue weighted by molar-refractivity contribution is 7.91. The highest BCUT2D eigenvalue weighted by Gasteiger charge is 2.33. The number of sulfone groups is 2. The van der Waals surface area contributed by atoms with Crippen LogP contribution in [-0.4, -0.2) is 62.8 Å². The smallest absolute Gasteiger partial charge is 0.406 e. The zero-order chi connectivity index (χ0) is 32.4. The van der Waals surface area contributed by atoms with Crippen molar-refractivity contribution < 1.29 is 52.7 Å². The van der Waals surface area contributed by atoms with Crippen molar-refractivity contribution in [1.29, 1.82) is 0 Å². The van der Waals surface area contributed by atoms with Gasteiger partial charge in [0.05, 0.1) is 16.2 Å². The molecule has 0 bridgehead atoms. The van der Waals surface area contributed by atoms with Crippen molar-refractivity contribution in [3.8, 4) is 16.9 Å². The molecular weight excluding hydrogens is 630 g/mol. The minimum Gasteiger partial charge on any atom is -0.406 e. The van der Waals surface area contributed by atoms with Crippen molar-refractivity contribution in [3.63, 3.8) is 0 Å². The molecule has 0 unspecified atom stereocenters. The Hall–Kier alpha value is -4.06. The van der Waals surface area contributed by atoms with E-state index < -0.39 is 83.3 Å². The maximum Gasteiger partial charge on any atom is 0.573 e. The molecular formula is C25H22F6N4O6S2. The van der Waals surface area contributed by atoms with Gasteiger partial charge >= 0.3 is 12.5 Å². The Balaban J connectivity index is 2.26. The molecule has 3 rings (SSSR count). The van der Waals surface area contributed by atoms with Gasteiger partial charge in [-0.25, -0.2) is 21.8 Å². The Morgan fingerprint density at radius 3 is 2.02 bits per heavy atom. The summed E-state index contributed by atoms with van der Waals surface area (Å²) in [5, 5.41) is 0. The third kappa shape index (κ3) is 8.96. The highest BCUT2D eigenvalue weighted by atomic mass is 32.2. The number of ether oxygens (including phenoxy) is 1. The normalized spacial score (nSPS) is 13.1. The fourth-order valence-corrected chi connectivity index (χ4v) is 5.37. The summed E-state index contributed by atoms with van der Waals surface area (Å²) in [5.74, 6) is -4.05. The molecule has 232 valence electrons. The molecule has 2 heterocycles. The van der Waals surface area contributed by atoms with Crippen LogP contribution < -0.4 is 9.64 Å². The van der Waals surface area contributed by atoms with Crippen molar-refractivity contribution in [2.24, 2.45) is 4.99 Å². The summed E-state index contributed by atoms with van der Waals surface area (Å²) in [6.45, 7) is 2.24. The van der Waals surface area contributed by atoms with Gasteiger partial charge in [-0.05, 0) is 35.9 Å². The van der Waals surface area contributed by atoms with Crippen molar-refractivity contribution in [2.75, 3.05) is 22.8 Å². The van der Waals surface area contributed by atoms with Crippen LogP contribution in [0.25, 0.3) is 11.1 Å². The standard InChI is InChI=1S/C25H22F6N4O6S2/c1-4-43(39,40)20-11-17(16-5-8-19(9-6-16)41-25(29,30)31)12-33-22(20)23(34-15(2)36)35(14-42(3,37)38)21-10-7-18(13-32-21)24(26,27)28/h5-13H,4,14H2,1-3H3. The lowest BCUT2D eigenvalue weighted by Gasteiger charge is -2.25. The van der Waals surface area contributed by atoms with Crippen LogP contribution in [0.1, 0.15) is 25.1 Å². The quantitative estimate of drug-likeness (QED) is 0.193. The average molecular weight is 653 g/mol. The molecule has 10 nitrogen and oxygen atoms in total. The van der Waals surface area contributed by atoms with Crippen LogP contribution in [0.4, 0.5) is 32.2 Å². The fraction of sp³-hybridized carbons (Fsp3) is 0.280. The van der Waals surface area contributed by atoms with E-state index in [0.29, 0.717) is 12.3 Å². The van der Waals surface area contributed by atoms with Gasteiger partial charge in [0.1, 0.15) is 23.1 Å². The summed E-state index contributed by atoms with van der Waals surface area (Å²) in [7, 11) is -8.25. The lowest BCUT2D eigenvalue weighted by Crippen LogP contribution is -2.38. The van der Waals surface area contributed by atoms with Crippen LogP contribution in [0.2, 0.25) is 0 Å². The third-order valence-electron chi connectivity index (χ3n) is 5.44. The number of carbonyl (C=O) groups is 1. The first kappa shape index (κ1) is 33.4. The van der Waals surface area contributed by atoms with E-state index >= 15 is 0 Å². The molecule has 0 spiro atoms. The molecule has 0 radical (unpaired) electrons. The molecule has 0 aliphatic carbocycles. The second-order valence-electron chi connectivity index (χ2n) is 8.89. The molecule has 0 saturated heterocycles. The first-order valence-electron chi connectivity index (χ1n) is 11.9. The van der Waals surface area contributed by atoms with Gasteiger partial charge in [0.2, 0.25) is 5.91 Å². The highest BCUT2D eigenvalue weighted by Crippen LogP contribution is 2.32. The van der Waals surface area contributed by atoms with E-state index in [0.717, 1.165) is 48.5 Å². The second-order valence-corrected chi connectivity index (χ2v) is 13.2.